The van der Waals surface area contributed by atoms with E-state index in [9.17, 15) is 0 Å². The number of benzene rings is 1. The molecule has 0 amide bonds. The van der Waals surface area contributed by atoms with Gasteiger partial charge < -0.3 is 24.4 Å². The van der Waals surface area contributed by atoms with Crippen molar-refractivity contribution in [3.05, 3.63) is 23.8 Å². The molecule has 4 rings (SSSR count). The molecule has 3 fully saturated rings. The zero-order chi connectivity index (χ0) is 22.0. The number of hydrogen-bond donors (Lipinski definition) is 1. The fourth-order valence-electron chi connectivity index (χ4n) is 5.50. The lowest BCUT2D eigenvalue weighted by Crippen LogP contribution is -2.68. The first-order valence-electron chi connectivity index (χ1n) is 11.6. The highest BCUT2D eigenvalue weighted by atomic mass is 16.5. The van der Waals surface area contributed by atoms with Crippen LogP contribution in [0.15, 0.2) is 23.2 Å². The van der Waals surface area contributed by atoms with Crippen LogP contribution in [0, 0.1) is 11.3 Å². The predicted octanol–water partition coefficient (Wildman–Crippen LogP) is 2.60. The van der Waals surface area contributed by atoms with Gasteiger partial charge in [0.2, 0.25) is 0 Å². The molecule has 172 valence electrons. The van der Waals surface area contributed by atoms with Crippen LogP contribution < -0.4 is 14.8 Å². The van der Waals surface area contributed by atoms with Crippen molar-refractivity contribution in [3.8, 4) is 11.5 Å². The fraction of sp³-hybridized carbons (Fsp3) is 0.708. The number of aliphatic imine (C=N–C) groups is 1. The minimum absolute atomic E-state index is 0.158. The molecule has 3 atom stereocenters. The molecule has 0 spiro atoms. The fourth-order valence-corrected chi connectivity index (χ4v) is 5.50. The van der Waals surface area contributed by atoms with Crippen molar-refractivity contribution in [1.82, 2.24) is 15.1 Å². The van der Waals surface area contributed by atoms with Gasteiger partial charge in [0.1, 0.15) is 0 Å². The van der Waals surface area contributed by atoms with Crippen molar-refractivity contribution >= 4 is 5.96 Å². The summed E-state index contributed by atoms with van der Waals surface area (Å²) in [4.78, 5) is 9.76. The summed E-state index contributed by atoms with van der Waals surface area (Å²) in [6, 6.07) is 6.63. The highest BCUT2D eigenvalue weighted by Crippen LogP contribution is 2.52. The largest absolute Gasteiger partial charge is 0.493 e. The lowest BCUT2D eigenvalue weighted by molar-refractivity contribution is -0.107. The Labute approximate surface area is 186 Å². The van der Waals surface area contributed by atoms with Crippen molar-refractivity contribution in [2.24, 2.45) is 16.3 Å². The van der Waals surface area contributed by atoms with Gasteiger partial charge in [0.05, 0.1) is 20.3 Å². The molecular weight excluding hydrogens is 392 g/mol. The Morgan fingerprint density at radius 2 is 1.90 bits per heavy atom. The van der Waals surface area contributed by atoms with Gasteiger partial charge in [-0.15, -0.1) is 0 Å². The third-order valence-electron chi connectivity index (χ3n) is 7.22. The van der Waals surface area contributed by atoms with E-state index in [1.807, 2.05) is 6.07 Å². The van der Waals surface area contributed by atoms with E-state index in [-0.39, 0.29) is 5.41 Å². The summed E-state index contributed by atoms with van der Waals surface area (Å²) in [5.41, 5.74) is 1.40. The van der Waals surface area contributed by atoms with Crippen molar-refractivity contribution in [2.45, 2.75) is 45.9 Å². The minimum atomic E-state index is 0.158. The summed E-state index contributed by atoms with van der Waals surface area (Å²) in [7, 11) is 3.36. The van der Waals surface area contributed by atoms with Gasteiger partial charge in [0, 0.05) is 63.3 Å². The van der Waals surface area contributed by atoms with E-state index in [2.05, 4.69) is 48.0 Å². The van der Waals surface area contributed by atoms with Gasteiger partial charge in [0.25, 0.3) is 0 Å². The molecule has 3 aliphatic rings. The molecule has 0 aromatic heterocycles. The van der Waals surface area contributed by atoms with Crippen LogP contribution in [0.4, 0.5) is 0 Å². The Morgan fingerprint density at radius 3 is 2.58 bits per heavy atom. The normalized spacial score (nSPS) is 28.1. The quantitative estimate of drug-likeness (QED) is 0.553. The Balaban J connectivity index is 1.34. The molecule has 2 aliphatic heterocycles. The van der Waals surface area contributed by atoms with Crippen molar-refractivity contribution < 1.29 is 14.2 Å². The van der Waals surface area contributed by atoms with Crippen LogP contribution in [0.5, 0.6) is 11.5 Å². The molecule has 31 heavy (non-hydrogen) atoms. The molecule has 7 heteroatoms. The van der Waals surface area contributed by atoms with Gasteiger partial charge in [-0.2, -0.15) is 0 Å². The molecule has 1 N–H and O–H groups in total. The number of nitrogens with zero attached hydrogens (tertiary/aromatic N) is 3. The Hall–Kier alpha value is -1.99. The first-order chi connectivity index (χ1) is 15.0. The maximum Gasteiger partial charge on any atom is 0.194 e. The molecule has 1 aromatic rings. The lowest BCUT2D eigenvalue weighted by atomic mass is 9.57. The van der Waals surface area contributed by atoms with E-state index < -0.39 is 0 Å². The van der Waals surface area contributed by atoms with Crippen LogP contribution in [-0.2, 0) is 11.3 Å². The number of guanidine groups is 1. The molecule has 1 saturated carbocycles. The van der Waals surface area contributed by atoms with Crippen molar-refractivity contribution in [2.75, 3.05) is 53.6 Å². The third-order valence-corrected chi connectivity index (χ3v) is 7.22. The van der Waals surface area contributed by atoms with E-state index in [4.69, 9.17) is 19.2 Å². The number of nitrogens with one attached hydrogen (secondary N) is 1. The molecule has 3 unspecified atom stereocenters. The SMILES string of the molecule is CCN=C(NC1C2CCOC2C1(C)C)N1CCN(Cc2ccc(OC)c(OC)c2)CC1. The number of hydrogen-bond acceptors (Lipinski definition) is 5. The minimum Gasteiger partial charge on any atom is -0.493 e. The van der Waals surface area contributed by atoms with Gasteiger partial charge in [-0.25, -0.2) is 0 Å². The van der Waals surface area contributed by atoms with E-state index in [1.165, 1.54) is 5.56 Å². The smallest absolute Gasteiger partial charge is 0.194 e. The summed E-state index contributed by atoms with van der Waals surface area (Å²) >= 11 is 0. The molecular formula is C24H38N4O3. The summed E-state index contributed by atoms with van der Waals surface area (Å²) in [6.07, 6.45) is 1.55. The molecule has 1 aliphatic carbocycles. The summed E-state index contributed by atoms with van der Waals surface area (Å²) in [5, 5.41) is 3.83. The second-order valence-electron chi connectivity index (χ2n) is 9.44. The van der Waals surface area contributed by atoms with Gasteiger partial charge in [-0.3, -0.25) is 9.89 Å². The average molecular weight is 431 g/mol. The summed E-state index contributed by atoms with van der Waals surface area (Å²) in [5.74, 6) is 3.24. The topological polar surface area (TPSA) is 58.6 Å². The Kier molecular flexibility index (Phi) is 6.63. The third kappa shape index (κ3) is 4.35. The van der Waals surface area contributed by atoms with Gasteiger partial charge in [-0.1, -0.05) is 19.9 Å². The van der Waals surface area contributed by atoms with E-state index >= 15 is 0 Å². The summed E-state index contributed by atoms with van der Waals surface area (Å²) in [6.45, 7) is 13.4. The second kappa shape index (κ2) is 9.25. The second-order valence-corrected chi connectivity index (χ2v) is 9.44. The van der Waals surface area contributed by atoms with Crippen LogP contribution in [0.25, 0.3) is 0 Å². The average Bonchev–Trinajstić information content (AvgIpc) is 3.24. The number of rotatable bonds is 6. The maximum atomic E-state index is 5.97. The van der Waals surface area contributed by atoms with Crippen LogP contribution in [0.3, 0.4) is 0 Å². The maximum absolute atomic E-state index is 5.97. The Morgan fingerprint density at radius 1 is 1.16 bits per heavy atom. The molecule has 2 saturated heterocycles. The van der Waals surface area contributed by atoms with Gasteiger partial charge in [0.15, 0.2) is 17.5 Å². The number of methoxy groups -OCH3 is 2. The lowest BCUT2D eigenvalue weighted by Gasteiger charge is -2.55. The van der Waals surface area contributed by atoms with Gasteiger partial charge in [-0.05, 0) is 31.0 Å². The monoisotopic (exact) mass is 430 g/mol. The van der Waals surface area contributed by atoms with Gasteiger partial charge >= 0.3 is 0 Å². The highest BCUT2D eigenvalue weighted by Gasteiger charge is 2.59. The zero-order valence-electron chi connectivity index (χ0n) is 19.7. The van der Waals surface area contributed by atoms with Crippen molar-refractivity contribution in [1.29, 1.82) is 0 Å². The summed E-state index contributed by atoms with van der Waals surface area (Å²) < 4.78 is 16.8. The van der Waals surface area contributed by atoms with Crippen LogP contribution in [0.1, 0.15) is 32.8 Å². The first kappa shape index (κ1) is 22.2. The zero-order valence-corrected chi connectivity index (χ0v) is 19.7. The number of fused-ring (bicyclic) bond motifs is 1. The molecule has 7 nitrogen and oxygen atoms in total. The van der Waals surface area contributed by atoms with E-state index in [1.54, 1.807) is 14.2 Å². The number of piperazine rings is 1. The van der Waals surface area contributed by atoms with Crippen molar-refractivity contribution in [3.63, 3.8) is 0 Å². The molecule has 1 aromatic carbocycles. The molecule has 2 heterocycles. The van der Waals surface area contributed by atoms with E-state index in [0.717, 1.165) is 69.8 Å². The van der Waals surface area contributed by atoms with E-state index in [0.29, 0.717) is 18.1 Å². The highest BCUT2D eigenvalue weighted by molar-refractivity contribution is 5.80. The van der Waals surface area contributed by atoms with Crippen LogP contribution in [0.2, 0.25) is 0 Å². The number of ether oxygens (including phenoxy) is 3. The van der Waals surface area contributed by atoms with Crippen LogP contribution in [-0.4, -0.2) is 81.5 Å². The molecule has 0 radical (unpaired) electrons. The first-order valence-corrected chi connectivity index (χ1v) is 11.6. The standard InChI is InChI=1S/C24H38N4O3/c1-6-25-23(26-21-18-9-14-31-22(18)24(21,2)3)28-12-10-27(11-13-28)16-17-7-8-19(29-4)20(15-17)30-5/h7-8,15,18,21-22H,6,9-14,16H2,1-5H3,(H,25,26). The van der Waals surface area contributed by atoms with Crippen LogP contribution >= 0.6 is 0 Å². The molecule has 0 bridgehead atoms. The predicted molar refractivity (Wildman–Crippen MR) is 123 cm³/mol. The Bertz CT molecular complexity index is 789.